The zero-order chi connectivity index (χ0) is 40.9. The molecule has 2 heterocycles. The van der Waals surface area contributed by atoms with Crippen LogP contribution in [-0.2, 0) is 5.41 Å². The van der Waals surface area contributed by atoms with Crippen LogP contribution in [-0.4, -0.2) is 19.9 Å². The smallest absolute Gasteiger partial charge is 0.164 e. The maximum absolute atomic E-state index is 5.06. The van der Waals surface area contributed by atoms with E-state index in [4.69, 9.17) is 15.0 Å². The van der Waals surface area contributed by atoms with Crippen molar-refractivity contribution in [2.75, 3.05) is 0 Å². The van der Waals surface area contributed by atoms with Crippen LogP contribution < -0.4 is 0 Å². The quantitative estimate of drug-likeness (QED) is 0.162. The molecule has 61 heavy (non-hydrogen) atoms. The highest BCUT2D eigenvalue weighted by Crippen LogP contribution is 2.52. The molecule has 10 aromatic rings. The van der Waals surface area contributed by atoms with E-state index in [1.165, 1.54) is 49.7 Å². The predicted molar refractivity (Wildman–Crippen MR) is 251 cm³/mol. The Morgan fingerprint density at radius 2 is 0.836 bits per heavy atom. The van der Waals surface area contributed by atoms with Crippen molar-refractivity contribution in [2.45, 2.75) is 19.3 Å². The second-order valence-electron chi connectivity index (χ2n) is 16.3. The van der Waals surface area contributed by atoms with E-state index in [1.807, 2.05) is 42.6 Å². The molecule has 0 saturated carbocycles. The van der Waals surface area contributed by atoms with Crippen molar-refractivity contribution in [3.05, 3.63) is 218 Å². The molecule has 1 aliphatic rings. The van der Waals surface area contributed by atoms with Crippen LogP contribution in [0.15, 0.2) is 207 Å². The standard InChI is InChI=1S/C57H40N4/c1-57(2)51-30-28-38-12-6-7-22-49(38)53(51)50-29-27-46(35-52(50)57)44-18-9-16-42(33-44)41-15-8-17-43(32-41)45-19-10-20-47(34-45)56-60-54(39-13-4-3-5-14-39)59-55(61-56)40-25-23-37(24-26-40)48-21-11-31-58-36-48/h3-36H,1-2H3. The second kappa shape index (κ2) is 14.8. The molecule has 0 saturated heterocycles. The Balaban J connectivity index is 0.923. The third kappa shape index (κ3) is 6.59. The number of hydrogen-bond donors (Lipinski definition) is 0. The van der Waals surface area contributed by atoms with Gasteiger partial charge in [-0.05, 0) is 108 Å². The van der Waals surface area contributed by atoms with E-state index in [0.717, 1.165) is 44.5 Å². The fourth-order valence-corrected chi connectivity index (χ4v) is 8.98. The number of pyridine rings is 1. The molecule has 0 spiro atoms. The van der Waals surface area contributed by atoms with E-state index in [9.17, 15) is 0 Å². The van der Waals surface area contributed by atoms with Gasteiger partial charge in [-0.1, -0.05) is 178 Å². The van der Waals surface area contributed by atoms with Gasteiger partial charge in [0.2, 0.25) is 0 Å². The largest absolute Gasteiger partial charge is 0.264 e. The Morgan fingerprint density at radius 3 is 1.48 bits per heavy atom. The van der Waals surface area contributed by atoms with Gasteiger partial charge in [0.15, 0.2) is 17.5 Å². The minimum absolute atomic E-state index is 0.0938. The van der Waals surface area contributed by atoms with Crippen LogP contribution in [0.1, 0.15) is 25.0 Å². The lowest BCUT2D eigenvalue weighted by Gasteiger charge is -2.22. The van der Waals surface area contributed by atoms with Gasteiger partial charge in [-0.15, -0.1) is 0 Å². The molecule has 0 fully saturated rings. The predicted octanol–water partition coefficient (Wildman–Crippen LogP) is 14.4. The number of fused-ring (bicyclic) bond motifs is 5. The molecule has 2 aromatic heterocycles. The Hall–Kier alpha value is -7.82. The van der Waals surface area contributed by atoms with E-state index in [2.05, 4.69) is 177 Å². The van der Waals surface area contributed by atoms with Gasteiger partial charge in [-0.3, -0.25) is 4.98 Å². The summed E-state index contributed by atoms with van der Waals surface area (Å²) in [6.45, 7) is 4.72. The molecule has 288 valence electrons. The van der Waals surface area contributed by atoms with Gasteiger partial charge in [0, 0.05) is 34.5 Å². The van der Waals surface area contributed by atoms with Crippen molar-refractivity contribution in [3.63, 3.8) is 0 Å². The Labute approximate surface area is 356 Å². The van der Waals surface area contributed by atoms with E-state index < -0.39 is 0 Å². The Morgan fingerprint density at radius 1 is 0.344 bits per heavy atom. The number of benzene rings is 8. The lowest BCUT2D eigenvalue weighted by Crippen LogP contribution is -2.15. The van der Waals surface area contributed by atoms with Crippen LogP contribution in [0.25, 0.3) is 101 Å². The van der Waals surface area contributed by atoms with Gasteiger partial charge >= 0.3 is 0 Å². The molecule has 4 heteroatoms. The van der Waals surface area contributed by atoms with E-state index >= 15 is 0 Å². The number of nitrogens with zero attached hydrogens (tertiary/aromatic N) is 4. The zero-order valence-electron chi connectivity index (χ0n) is 33.9. The topological polar surface area (TPSA) is 51.6 Å². The van der Waals surface area contributed by atoms with Crippen LogP contribution >= 0.6 is 0 Å². The highest BCUT2D eigenvalue weighted by atomic mass is 15.0. The Kier molecular flexibility index (Phi) is 8.79. The molecule has 0 atom stereocenters. The molecular weight excluding hydrogens is 741 g/mol. The van der Waals surface area contributed by atoms with Crippen molar-refractivity contribution >= 4 is 10.8 Å². The molecule has 0 N–H and O–H groups in total. The van der Waals surface area contributed by atoms with Crippen molar-refractivity contribution in [2.24, 2.45) is 0 Å². The summed E-state index contributed by atoms with van der Waals surface area (Å²) in [7, 11) is 0. The van der Waals surface area contributed by atoms with Gasteiger partial charge in [-0.25, -0.2) is 15.0 Å². The lowest BCUT2D eigenvalue weighted by atomic mass is 9.81. The lowest BCUT2D eigenvalue weighted by molar-refractivity contribution is 0.661. The van der Waals surface area contributed by atoms with E-state index in [0.29, 0.717) is 17.5 Å². The van der Waals surface area contributed by atoms with Crippen LogP contribution in [0.2, 0.25) is 0 Å². The number of rotatable bonds is 7. The molecule has 0 aliphatic heterocycles. The third-order valence-electron chi connectivity index (χ3n) is 12.2. The third-order valence-corrected chi connectivity index (χ3v) is 12.2. The average molecular weight is 781 g/mol. The average Bonchev–Trinajstić information content (AvgIpc) is 3.57. The van der Waals surface area contributed by atoms with Gasteiger partial charge in [0.05, 0.1) is 0 Å². The van der Waals surface area contributed by atoms with Gasteiger partial charge in [-0.2, -0.15) is 0 Å². The zero-order valence-corrected chi connectivity index (χ0v) is 33.9. The monoisotopic (exact) mass is 780 g/mol. The fraction of sp³-hybridized carbons (Fsp3) is 0.0526. The molecule has 0 bridgehead atoms. The SMILES string of the molecule is CC1(C)c2cc(-c3cccc(-c4cccc(-c5cccc(-c6nc(-c7ccccc7)nc(-c7ccc(-c8cccnc8)cc7)n6)c5)c4)c3)ccc2-c2c1ccc1ccccc21. The number of aromatic nitrogens is 4. The summed E-state index contributed by atoms with van der Waals surface area (Å²) < 4.78 is 0. The van der Waals surface area contributed by atoms with Gasteiger partial charge in [0.25, 0.3) is 0 Å². The van der Waals surface area contributed by atoms with Crippen LogP contribution in [0.5, 0.6) is 0 Å². The van der Waals surface area contributed by atoms with Crippen LogP contribution in [0.4, 0.5) is 0 Å². The molecule has 8 aromatic carbocycles. The minimum atomic E-state index is -0.0938. The fourth-order valence-electron chi connectivity index (χ4n) is 8.98. The summed E-state index contributed by atoms with van der Waals surface area (Å²) in [5.74, 6) is 1.88. The number of hydrogen-bond acceptors (Lipinski definition) is 4. The Bertz CT molecular complexity index is 3260. The van der Waals surface area contributed by atoms with Crippen molar-refractivity contribution in [1.29, 1.82) is 0 Å². The van der Waals surface area contributed by atoms with Crippen molar-refractivity contribution in [1.82, 2.24) is 19.9 Å². The molecule has 4 nitrogen and oxygen atoms in total. The maximum Gasteiger partial charge on any atom is 0.164 e. The molecule has 1 aliphatic carbocycles. The summed E-state index contributed by atoms with van der Waals surface area (Å²) in [5, 5.41) is 2.61. The highest BCUT2D eigenvalue weighted by molar-refractivity contribution is 6.03. The molecule has 11 rings (SSSR count). The summed E-state index contributed by atoms with van der Waals surface area (Å²) in [6, 6.07) is 69.1. The minimum Gasteiger partial charge on any atom is -0.264 e. The van der Waals surface area contributed by atoms with Crippen molar-refractivity contribution in [3.8, 4) is 89.8 Å². The normalized spacial score (nSPS) is 12.6. The van der Waals surface area contributed by atoms with Crippen LogP contribution in [0.3, 0.4) is 0 Å². The second-order valence-corrected chi connectivity index (χ2v) is 16.3. The first-order valence-corrected chi connectivity index (χ1v) is 20.8. The summed E-state index contributed by atoms with van der Waals surface area (Å²) >= 11 is 0. The van der Waals surface area contributed by atoms with E-state index in [-0.39, 0.29) is 5.41 Å². The molecule has 0 radical (unpaired) electrons. The molecule has 0 unspecified atom stereocenters. The molecule has 0 amide bonds. The first-order chi connectivity index (χ1) is 30.0. The summed E-state index contributed by atoms with van der Waals surface area (Å²) in [5.41, 5.74) is 17.3. The maximum atomic E-state index is 5.06. The van der Waals surface area contributed by atoms with Crippen LogP contribution in [0, 0.1) is 0 Å². The summed E-state index contributed by atoms with van der Waals surface area (Å²) in [4.78, 5) is 19.3. The first kappa shape index (κ1) is 36.3. The summed E-state index contributed by atoms with van der Waals surface area (Å²) in [6.07, 6.45) is 3.66. The first-order valence-electron chi connectivity index (χ1n) is 20.8. The molecular formula is C57H40N4. The van der Waals surface area contributed by atoms with E-state index in [1.54, 1.807) is 6.20 Å². The highest BCUT2D eigenvalue weighted by Gasteiger charge is 2.36. The van der Waals surface area contributed by atoms with Gasteiger partial charge in [0.1, 0.15) is 0 Å². The van der Waals surface area contributed by atoms with Crippen molar-refractivity contribution < 1.29 is 0 Å². The van der Waals surface area contributed by atoms with Gasteiger partial charge < -0.3 is 0 Å².